The number of fused-ring (bicyclic) bond motifs is 10. The van der Waals surface area contributed by atoms with Crippen molar-refractivity contribution in [2.24, 2.45) is 0 Å². The summed E-state index contributed by atoms with van der Waals surface area (Å²) in [6.45, 7) is 0. The molecule has 0 spiro atoms. The van der Waals surface area contributed by atoms with Gasteiger partial charge in [-0.2, -0.15) is 0 Å². The Kier molecular flexibility index (Phi) is 6.16. The Morgan fingerprint density at radius 3 is 1.53 bits per heavy atom. The third-order valence-electron chi connectivity index (χ3n) is 10.5. The van der Waals surface area contributed by atoms with Gasteiger partial charge in [0.2, 0.25) is 0 Å². The van der Waals surface area contributed by atoms with E-state index in [0.29, 0.717) is 0 Å². The van der Waals surface area contributed by atoms with Crippen molar-refractivity contribution in [2.45, 2.75) is 0 Å². The Bertz CT molecular complexity index is 3050. The molecule has 0 fully saturated rings. The van der Waals surface area contributed by atoms with Gasteiger partial charge in [-0.15, -0.1) is 11.3 Å². The molecule has 0 aliphatic carbocycles. The molecule has 0 bridgehead atoms. The lowest BCUT2D eigenvalue weighted by atomic mass is 10.0. The monoisotopic (exact) mass is 666 g/mol. The first-order valence-corrected chi connectivity index (χ1v) is 18.3. The molecule has 3 heteroatoms. The predicted molar refractivity (Wildman–Crippen MR) is 219 cm³/mol. The lowest BCUT2D eigenvalue weighted by Gasteiger charge is -2.12. The average Bonchev–Trinajstić information content (AvgIpc) is 3.86. The van der Waals surface area contributed by atoms with Gasteiger partial charge in [0, 0.05) is 53.1 Å². The normalized spacial score (nSPS) is 11.9. The molecule has 0 atom stereocenters. The van der Waals surface area contributed by atoms with E-state index >= 15 is 0 Å². The summed E-state index contributed by atoms with van der Waals surface area (Å²) in [6.07, 6.45) is 0. The molecule has 3 aromatic heterocycles. The average molecular weight is 667 g/mol. The molecular formula is C48H30N2S. The summed E-state index contributed by atoms with van der Waals surface area (Å²) in [5, 5.41) is 7.76. The molecule has 3 heterocycles. The van der Waals surface area contributed by atoms with Gasteiger partial charge in [0.15, 0.2) is 0 Å². The van der Waals surface area contributed by atoms with Crippen molar-refractivity contribution in [2.75, 3.05) is 0 Å². The van der Waals surface area contributed by atoms with E-state index in [-0.39, 0.29) is 0 Å². The van der Waals surface area contributed by atoms with Gasteiger partial charge >= 0.3 is 0 Å². The third kappa shape index (κ3) is 4.29. The van der Waals surface area contributed by atoms with Gasteiger partial charge in [-0.3, -0.25) is 0 Å². The molecule has 0 amide bonds. The number of hydrogen-bond donors (Lipinski definition) is 0. The molecule has 11 aromatic rings. The van der Waals surface area contributed by atoms with E-state index in [1.54, 1.807) is 0 Å². The molecule has 0 aliphatic rings. The van der Waals surface area contributed by atoms with Gasteiger partial charge in [0.1, 0.15) is 0 Å². The predicted octanol–water partition coefficient (Wildman–Crippen LogP) is 13.6. The van der Waals surface area contributed by atoms with Crippen LogP contribution in [0.2, 0.25) is 0 Å². The third-order valence-corrected chi connectivity index (χ3v) is 11.7. The molecule has 0 radical (unpaired) electrons. The Hall–Kier alpha value is -6.42. The van der Waals surface area contributed by atoms with E-state index in [4.69, 9.17) is 0 Å². The quantitative estimate of drug-likeness (QED) is 0.177. The molecule has 0 N–H and O–H groups in total. The molecule has 238 valence electrons. The SMILES string of the molecule is c1ccc(-c2ccc3c(c2)c2ccc4sc5ccccc5c4c2n3-c2ccc(-c3ccc(-n4c5ccccc5c5ccccc54)cc3)cc2)cc1. The molecule has 11 rings (SSSR count). The Morgan fingerprint density at radius 2 is 0.843 bits per heavy atom. The number of benzene rings is 8. The molecule has 0 saturated carbocycles. The number of aromatic nitrogens is 2. The lowest BCUT2D eigenvalue weighted by Crippen LogP contribution is -1.95. The van der Waals surface area contributed by atoms with Gasteiger partial charge in [-0.25, -0.2) is 0 Å². The Labute approximate surface area is 298 Å². The van der Waals surface area contributed by atoms with Crippen LogP contribution in [0.15, 0.2) is 182 Å². The van der Waals surface area contributed by atoms with Crippen LogP contribution in [0.5, 0.6) is 0 Å². The maximum Gasteiger partial charge on any atom is 0.0634 e. The fraction of sp³-hybridized carbons (Fsp3) is 0. The van der Waals surface area contributed by atoms with Crippen molar-refractivity contribution < 1.29 is 0 Å². The minimum Gasteiger partial charge on any atom is -0.309 e. The fourth-order valence-corrected chi connectivity index (χ4v) is 9.31. The number of rotatable bonds is 4. The van der Waals surface area contributed by atoms with Crippen LogP contribution in [0, 0.1) is 0 Å². The zero-order chi connectivity index (χ0) is 33.5. The second-order valence-electron chi connectivity index (χ2n) is 13.3. The van der Waals surface area contributed by atoms with Crippen molar-refractivity contribution in [1.29, 1.82) is 0 Å². The van der Waals surface area contributed by atoms with Crippen LogP contribution in [0.4, 0.5) is 0 Å². The largest absolute Gasteiger partial charge is 0.309 e. The van der Waals surface area contributed by atoms with Crippen molar-refractivity contribution in [1.82, 2.24) is 9.13 Å². The lowest BCUT2D eigenvalue weighted by molar-refractivity contribution is 1.18. The van der Waals surface area contributed by atoms with Crippen molar-refractivity contribution in [3.63, 3.8) is 0 Å². The summed E-state index contributed by atoms with van der Waals surface area (Å²) in [4.78, 5) is 0. The Morgan fingerprint density at radius 1 is 0.314 bits per heavy atom. The minimum absolute atomic E-state index is 1.16. The molecule has 0 unspecified atom stereocenters. The number of nitrogens with zero attached hydrogens (tertiary/aromatic N) is 2. The highest BCUT2D eigenvalue weighted by Gasteiger charge is 2.19. The second kappa shape index (κ2) is 11.0. The summed E-state index contributed by atoms with van der Waals surface area (Å²) >= 11 is 1.88. The fourth-order valence-electron chi connectivity index (χ4n) is 8.20. The highest BCUT2D eigenvalue weighted by molar-refractivity contribution is 7.26. The standard InChI is InChI=1S/C48H30N2S/c1-2-10-31(11-3-1)34-22-28-44-41(30-34)39-27-29-46-47(40-14-6-9-17-45(40)51-46)48(39)50(44)36-25-20-33(21-26-36)32-18-23-35(24-19-32)49-42-15-7-4-12-37(42)38-13-5-8-16-43(38)49/h1-30H. The molecule has 2 nitrogen and oxygen atoms in total. The van der Waals surface area contributed by atoms with Gasteiger partial charge in [0.25, 0.3) is 0 Å². The highest BCUT2D eigenvalue weighted by Crippen LogP contribution is 2.44. The highest BCUT2D eigenvalue weighted by atomic mass is 32.1. The van der Waals surface area contributed by atoms with E-state index in [0.717, 1.165) is 5.69 Å². The molecule has 51 heavy (non-hydrogen) atoms. The van der Waals surface area contributed by atoms with Crippen molar-refractivity contribution in [3.05, 3.63) is 182 Å². The maximum atomic E-state index is 2.48. The van der Waals surface area contributed by atoms with Gasteiger partial charge in [0.05, 0.1) is 22.1 Å². The summed E-state index contributed by atoms with van der Waals surface area (Å²) in [6, 6.07) is 66.6. The smallest absolute Gasteiger partial charge is 0.0634 e. The zero-order valence-electron chi connectivity index (χ0n) is 27.6. The number of thiophene rings is 1. The molecule has 0 saturated heterocycles. The van der Waals surface area contributed by atoms with E-state index in [1.165, 1.54) is 91.7 Å². The van der Waals surface area contributed by atoms with Gasteiger partial charge in [-0.1, -0.05) is 121 Å². The van der Waals surface area contributed by atoms with Crippen molar-refractivity contribution >= 4 is 75.1 Å². The van der Waals surface area contributed by atoms with Crippen LogP contribution in [0.3, 0.4) is 0 Å². The molecule has 8 aromatic carbocycles. The first-order valence-electron chi connectivity index (χ1n) is 17.4. The minimum atomic E-state index is 1.16. The molecule has 0 aliphatic heterocycles. The van der Waals surface area contributed by atoms with Crippen LogP contribution in [0.25, 0.3) is 97.4 Å². The van der Waals surface area contributed by atoms with Crippen molar-refractivity contribution in [3.8, 4) is 33.6 Å². The van der Waals surface area contributed by atoms with E-state index < -0.39 is 0 Å². The van der Waals surface area contributed by atoms with E-state index in [2.05, 4.69) is 191 Å². The summed E-state index contributed by atoms with van der Waals surface area (Å²) in [5.41, 5.74) is 12.1. The Balaban J connectivity index is 1.06. The number of hydrogen-bond acceptors (Lipinski definition) is 1. The van der Waals surface area contributed by atoms with Crippen LogP contribution < -0.4 is 0 Å². The first-order chi connectivity index (χ1) is 25.3. The zero-order valence-corrected chi connectivity index (χ0v) is 28.4. The topological polar surface area (TPSA) is 9.86 Å². The first kappa shape index (κ1) is 28.4. The van der Waals surface area contributed by atoms with Crippen LogP contribution >= 0.6 is 11.3 Å². The van der Waals surface area contributed by atoms with Crippen LogP contribution in [-0.4, -0.2) is 9.13 Å². The van der Waals surface area contributed by atoms with E-state index in [9.17, 15) is 0 Å². The van der Waals surface area contributed by atoms with Gasteiger partial charge < -0.3 is 9.13 Å². The molecular weight excluding hydrogens is 637 g/mol. The van der Waals surface area contributed by atoms with E-state index in [1.807, 2.05) is 11.3 Å². The second-order valence-corrected chi connectivity index (χ2v) is 14.4. The van der Waals surface area contributed by atoms with Gasteiger partial charge in [-0.05, 0) is 82.9 Å². The summed E-state index contributed by atoms with van der Waals surface area (Å²) in [7, 11) is 0. The maximum absolute atomic E-state index is 2.48. The van der Waals surface area contributed by atoms with Crippen LogP contribution in [0.1, 0.15) is 0 Å². The summed E-state index contributed by atoms with van der Waals surface area (Å²) < 4.78 is 7.49. The van der Waals surface area contributed by atoms with Crippen LogP contribution in [-0.2, 0) is 0 Å². The summed E-state index contributed by atoms with van der Waals surface area (Å²) in [5.74, 6) is 0. The number of para-hydroxylation sites is 2.